The van der Waals surface area contributed by atoms with Gasteiger partial charge >= 0.3 is 5.97 Å². The van der Waals surface area contributed by atoms with Crippen LogP contribution >= 0.6 is 27.3 Å². The molecule has 0 saturated heterocycles. The number of rotatable bonds is 8. The second-order valence-electron chi connectivity index (χ2n) is 9.01. The first kappa shape index (κ1) is 29.0. The van der Waals surface area contributed by atoms with E-state index in [1.54, 1.807) is 37.3 Å². The second-order valence-corrected chi connectivity index (χ2v) is 10.9. The first-order valence-corrected chi connectivity index (χ1v) is 14.4. The van der Waals surface area contributed by atoms with Crippen molar-refractivity contribution in [3.63, 3.8) is 0 Å². The van der Waals surface area contributed by atoms with Crippen LogP contribution in [0.3, 0.4) is 0 Å². The van der Waals surface area contributed by atoms with Gasteiger partial charge in [-0.05, 0) is 64.3 Å². The van der Waals surface area contributed by atoms with Gasteiger partial charge in [0.25, 0.3) is 5.56 Å². The summed E-state index contributed by atoms with van der Waals surface area (Å²) in [5.74, 6) is 2.24. The van der Waals surface area contributed by atoms with E-state index in [-0.39, 0.29) is 24.3 Å². The topological polar surface area (TPSA) is 79.1 Å². The minimum Gasteiger partial charge on any atom is -0.493 e. The van der Waals surface area contributed by atoms with Crippen molar-refractivity contribution >= 4 is 45.0 Å². The predicted molar refractivity (Wildman–Crippen MR) is 162 cm³/mol. The number of thiazole rings is 1. The number of halogens is 2. The number of fused-ring (bicyclic) bond motifs is 1. The van der Waals surface area contributed by atoms with E-state index in [2.05, 4.69) is 21.9 Å². The summed E-state index contributed by atoms with van der Waals surface area (Å²) in [7, 11) is 1.51. The third-order valence-corrected chi connectivity index (χ3v) is 7.98. The number of carbonyl (C=O) groups is 1. The molecule has 0 fully saturated rings. The van der Waals surface area contributed by atoms with Crippen LogP contribution in [0.15, 0.2) is 86.6 Å². The number of carbonyl (C=O) groups excluding carboxylic acids is 1. The van der Waals surface area contributed by atoms with Crippen molar-refractivity contribution in [1.29, 1.82) is 0 Å². The van der Waals surface area contributed by atoms with Crippen molar-refractivity contribution in [1.82, 2.24) is 4.57 Å². The maximum absolute atomic E-state index is 14.0. The number of nitrogens with zero attached hydrogens (tertiary/aromatic N) is 2. The molecule has 1 aromatic heterocycles. The predicted octanol–water partition coefficient (Wildman–Crippen LogP) is 4.86. The van der Waals surface area contributed by atoms with Crippen molar-refractivity contribution in [2.45, 2.75) is 13.0 Å². The molecule has 1 atom stereocenters. The van der Waals surface area contributed by atoms with Gasteiger partial charge < -0.3 is 14.2 Å². The van der Waals surface area contributed by atoms with Crippen molar-refractivity contribution in [3.05, 3.63) is 119 Å². The Morgan fingerprint density at radius 2 is 1.93 bits per heavy atom. The van der Waals surface area contributed by atoms with E-state index in [1.807, 2.05) is 30.3 Å². The highest BCUT2D eigenvalue weighted by Crippen LogP contribution is 2.37. The van der Waals surface area contributed by atoms with E-state index < -0.39 is 17.8 Å². The number of esters is 1. The number of ether oxygens (including phenoxy) is 3. The van der Waals surface area contributed by atoms with Crippen LogP contribution in [0, 0.1) is 18.2 Å². The van der Waals surface area contributed by atoms with E-state index in [4.69, 9.17) is 25.6 Å². The van der Waals surface area contributed by atoms with E-state index in [9.17, 15) is 14.0 Å². The van der Waals surface area contributed by atoms with Crippen LogP contribution in [-0.4, -0.2) is 30.9 Å². The molecule has 0 N–H and O–H groups in total. The fourth-order valence-electron chi connectivity index (χ4n) is 4.63. The van der Waals surface area contributed by atoms with Gasteiger partial charge in [0.15, 0.2) is 16.3 Å². The molecule has 5 rings (SSSR count). The largest absolute Gasteiger partial charge is 0.493 e. The highest BCUT2D eigenvalue weighted by Gasteiger charge is 2.35. The molecule has 0 aliphatic carbocycles. The Bertz CT molecular complexity index is 1910. The van der Waals surface area contributed by atoms with Crippen molar-refractivity contribution in [3.8, 4) is 23.8 Å². The van der Waals surface area contributed by atoms with Crippen LogP contribution in [0.5, 0.6) is 11.5 Å². The van der Waals surface area contributed by atoms with Crippen LogP contribution in [0.4, 0.5) is 4.39 Å². The summed E-state index contributed by atoms with van der Waals surface area (Å²) in [6.45, 7) is 1.89. The number of terminal acetylenes is 1. The Hall–Kier alpha value is -4.46. The number of benzene rings is 3. The number of hydrogen-bond donors (Lipinski definition) is 0. The lowest BCUT2D eigenvalue weighted by Crippen LogP contribution is -2.40. The van der Waals surface area contributed by atoms with Gasteiger partial charge in [-0.15, -0.1) is 6.42 Å². The van der Waals surface area contributed by atoms with E-state index in [1.165, 1.54) is 35.1 Å². The van der Waals surface area contributed by atoms with E-state index in [0.29, 0.717) is 47.7 Å². The summed E-state index contributed by atoms with van der Waals surface area (Å²) in [5.41, 5.74) is 2.08. The molecule has 0 spiro atoms. The van der Waals surface area contributed by atoms with E-state index >= 15 is 0 Å². The molecule has 1 aliphatic heterocycles. The van der Waals surface area contributed by atoms with Gasteiger partial charge in [0.05, 0.1) is 40.0 Å². The molecule has 4 aromatic rings. The first-order valence-electron chi connectivity index (χ1n) is 12.8. The summed E-state index contributed by atoms with van der Waals surface area (Å²) < 4.78 is 32.9. The highest BCUT2D eigenvalue weighted by atomic mass is 79.9. The molecule has 0 amide bonds. The number of hydrogen-bond acceptors (Lipinski definition) is 7. The maximum Gasteiger partial charge on any atom is 0.338 e. The molecule has 10 heteroatoms. The van der Waals surface area contributed by atoms with Crippen LogP contribution in [0.1, 0.15) is 29.7 Å². The molecule has 212 valence electrons. The quantitative estimate of drug-likeness (QED) is 0.202. The Balaban J connectivity index is 1.77. The molecule has 3 aromatic carbocycles. The lowest BCUT2D eigenvalue weighted by Gasteiger charge is -2.25. The Morgan fingerprint density at radius 3 is 2.60 bits per heavy atom. The average molecular weight is 648 g/mol. The first-order chi connectivity index (χ1) is 20.4. The molecule has 42 heavy (non-hydrogen) atoms. The molecule has 2 heterocycles. The number of aromatic nitrogens is 1. The third-order valence-electron chi connectivity index (χ3n) is 6.41. The Kier molecular flexibility index (Phi) is 8.71. The Morgan fingerprint density at radius 1 is 1.19 bits per heavy atom. The average Bonchev–Trinajstić information content (AvgIpc) is 3.30. The molecular formula is C32H24BrFN2O5S. The minimum atomic E-state index is -0.904. The zero-order valence-electron chi connectivity index (χ0n) is 22.6. The molecule has 0 unspecified atom stereocenters. The smallest absolute Gasteiger partial charge is 0.338 e. The van der Waals surface area contributed by atoms with Gasteiger partial charge in [-0.3, -0.25) is 9.36 Å². The lowest BCUT2D eigenvalue weighted by atomic mass is 9.93. The van der Waals surface area contributed by atoms with Gasteiger partial charge in [0, 0.05) is 5.56 Å². The van der Waals surface area contributed by atoms with Crippen molar-refractivity contribution < 1.29 is 23.4 Å². The van der Waals surface area contributed by atoms with Gasteiger partial charge in [0.2, 0.25) is 0 Å². The fourth-order valence-corrected chi connectivity index (χ4v) is 6.20. The minimum absolute atomic E-state index is 0.0584. The normalized spacial score (nSPS) is 14.5. The molecule has 7 nitrogen and oxygen atoms in total. The monoisotopic (exact) mass is 646 g/mol. The number of methoxy groups -OCH3 is 1. The Labute approximate surface area is 253 Å². The highest BCUT2D eigenvalue weighted by molar-refractivity contribution is 9.10. The van der Waals surface area contributed by atoms with Gasteiger partial charge in [-0.2, -0.15) is 0 Å². The van der Waals surface area contributed by atoms with Crippen molar-refractivity contribution in [2.24, 2.45) is 4.99 Å². The zero-order chi connectivity index (χ0) is 29.8. The van der Waals surface area contributed by atoms with Gasteiger partial charge in [0.1, 0.15) is 12.4 Å². The van der Waals surface area contributed by atoms with Crippen LogP contribution in [0.25, 0.3) is 11.8 Å². The lowest BCUT2D eigenvalue weighted by molar-refractivity contribution is -0.138. The maximum atomic E-state index is 14.0. The van der Waals surface area contributed by atoms with Crippen LogP contribution < -0.4 is 24.4 Å². The van der Waals surface area contributed by atoms with Crippen molar-refractivity contribution in [2.75, 3.05) is 20.3 Å². The van der Waals surface area contributed by atoms with Crippen LogP contribution in [0.2, 0.25) is 0 Å². The summed E-state index contributed by atoms with van der Waals surface area (Å²) in [6.07, 6.45) is 7.04. The van der Waals surface area contributed by atoms with Crippen LogP contribution in [-0.2, 0) is 9.53 Å². The van der Waals surface area contributed by atoms with E-state index in [0.717, 1.165) is 0 Å². The molecule has 0 radical (unpaired) electrons. The van der Waals surface area contributed by atoms with Gasteiger partial charge in [-0.1, -0.05) is 59.7 Å². The zero-order valence-corrected chi connectivity index (χ0v) is 25.0. The summed E-state index contributed by atoms with van der Waals surface area (Å²) in [6, 6.07) is 17.5. The van der Waals surface area contributed by atoms with Gasteiger partial charge in [-0.25, -0.2) is 14.2 Å². The summed E-state index contributed by atoms with van der Waals surface area (Å²) in [4.78, 5) is 32.7. The molecular weight excluding hydrogens is 623 g/mol. The summed E-state index contributed by atoms with van der Waals surface area (Å²) >= 11 is 4.67. The molecule has 0 saturated carbocycles. The third kappa shape index (κ3) is 5.66. The second kappa shape index (κ2) is 12.6. The summed E-state index contributed by atoms with van der Waals surface area (Å²) in [5, 5.41) is 0. The molecule has 0 bridgehead atoms. The molecule has 1 aliphatic rings. The fraction of sp³-hybridized carbons (Fsp3) is 0.156. The standard InChI is InChI=1S/C32H24BrFN2O5S/c1-4-15-41-29-23(33)16-19(17-24(29)39-3)18-25-30(37)36-28(21-11-13-22(34)14-12-21)26(31(38)40-5-2)27(35-32(36)42-25)20-9-7-6-8-10-20/h1,6-14,16-18,28H,5,15H2,2-3H3/b25-18-/t28-/m1/s1. The SMILES string of the molecule is C#CCOc1c(Br)cc(/C=c2\sc3n(c2=O)[C@H](c2ccc(F)cc2)C(C(=O)OCC)=C(c2ccccc2)N=3)cc1OC.